The Morgan fingerprint density at radius 1 is 1.25 bits per heavy atom. The maximum absolute atomic E-state index is 13.8. The van der Waals surface area contributed by atoms with Gasteiger partial charge in [0.1, 0.15) is 11.6 Å². The quantitative estimate of drug-likeness (QED) is 0.726. The lowest BCUT2D eigenvalue weighted by atomic mass is 10.2. The van der Waals surface area contributed by atoms with Crippen molar-refractivity contribution in [2.75, 3.05) is 13.7 Å². The predicted molar refractivity (Wildman–Crippen MR) is 87.9 cm³/mol. The number of rotatable bonds is 4. The molecular weight excluding hydrogens is 334 g/mol. The number of hydrogen-bond acceptors (Lipinski definition) is 3. The number of aromatic nitrogens is 1. The number of carbonyl (C=O) groups is 1. The zero-order valence-corrected chi connectivity index (χ0v) is 13.6. The second-order valence-electron chi connectivity index (χ2n) is 5.04. The summed E-state index contributed by atoms with van der Waals surface area (Å²) in [7, 11) is 1.58. The van der Waals surface area contributed by atoms with Crippen molar-refractivity contribution < 1.29 is 18.3 Å². The van der Waals surface area contributed by atoms with Crippen molar-refractivity contribution in [3.8, 4) is 0 Å². The van der Waals surface area contributed by atoms with Crippen LogP contribution >= 0.6 is 11.3 Å². The average molecular weight is 348 g/mol. The molecule has 2 aromatic carbocycles. The Labute approximate surface area is 140 Å². The summed E-state index contributed by atoms with van der Waals surface area (Å²) < 4.78 is 34.9. The molecule has 0 unspecified atom stereocenters. The van der Waals surface area contributed by atoms with Gasteiger partial charge in [0.15, 0.2) is 4.80 Å². The van der Waals surface area contributed by atoms with Crippen LogP contribution in [-0.2, 0) is 11.3 Å². The highest BCUT2D eigenvalue weighted by Crippen LogP contribution is 2.17. The van der Waals surface area contributed by atoms with Gasteiger partial charge in [-0.15, -0.1) is 0 Å². The number of amides is 1. The summed E-state index contributed by atoms with van der Waals surface area (Å²) >= 11 is 1.31. The van der Waals surface area contributed by atoms with Gasteiger partial charge < -0.3 is 9.30 Å². The van der Waals surface area contributed by atoms with Crippen molar-refractivity contribution in [1.29, 1.82) is 0 Å². The maximum Gasteiger partial charge on any atom is 0.282 e. The van der Waals surface area contributed by atoms with E-state index in [9.17, 15) is 13.6 Å². The second-order valence-corrected chi connectivity index (χ2v) is 6.05. The number of nitrogens with zero attached hydrogens (tertiary/aromatic N) is 2. The fourth-order valence-electron chi connectivity index (χ4n) is 2.31. The third-order valence-electron chi connectivity index (χ3n) is 3.46. The first-order valence-electron chi connectivity index (χ1n) is 7.21. The van der Waals surface area contributed by atoms with Gasteiger partial charge in [0.2, 0.25) is 0 Å². The van der Waals surface area contributed by atoms with E-state index >= 15 is 0 Å². The van der Waals surface area contributed by atoms with Crippen molar-refractivity contribution in [1.82, 2.24) is 4.57 Å². The Morgan fingerprint density at radius 2 is 2.04 bits per heavy atom. The average Bonchev–Trinajstić information content (AvgIpc) is 2.92. The standard InChI is InChI=1S/C17H14F2N2O2S/c1-23-9-8-21-14-4-2-3-5-15(14)24-17(21)20-16(22)12-10-11(18)6-7-13(12)19/h2-7,10H,8-9H2,1H3. The van der Waals surface area contributed by atoms with Crippen LogP contribution in [0.15, 0.2) is 47.5 Å². The first-order valence-corrected chi connectivity index (χ1v) is 8.03. The number of hydrogen-bond donors (Lipinski definition) is 0. The summed E-state index contributed by atoms with van der Waals surface area (Å²) in [5, 5.41) is 0. The topological polar surface area (TPSA) is 43.6 Å². The molecule has 1 amide bonds. The van der Waals surface area contributed by atoms with E-state index in [4.69, 9.17) is 4.74 Å². The van der Waals surface area contributed by atoms with Crippen LogP contribution in [0.5, 0.6) is 0 Å². The van der Waals surface area contributed by atoms with E-state index in [2.05, 4.69) is 4.99 Å². The third-order valence-corrected chi connectivity index (χ3v) is 4.52. The van der Waals surface area contributed by atoms with Gasteiger partial charge in [-0.1, -0.05) is 23.5 Å². The molecule has 0 bridgehead atoms. The molecule has 0 aliphatic heterocycles. The lowest BCUT2D eigenvalue weighted by Gasteiger charge is -2.04. The molecule has 24 heavy (non-hydrogen) atoms. The molecular formula is C17H14F2N2O2S. The fraction of sp³-hybridized carbons (Fsp3) is 0.176. The molecule has 0 radical (unpaired) electrons. The Kier molecular flexibility index (Phi) is 4.82. The van der Waals surface area contributed by atoms with Crippen LogP contribution in [0, 0.1) is 11.6 Å². The number of methoxy groups -OCH3 is 1. The minimum atomic E-state index is -0.815. The van der Waals surface area contributed by atoms with E-state index < -0.39 is 17.5 Å². The second kappa shape index (κ2) is 7.02. The van der Waals surface area contributed by atoms with E-state index in [1.165, 1.54) is 11.3 Å². The van der Waals surface area contributed by atoms with E-state index in [0.717, 1.165) is 28.4 Å². The van der Waals surface area contributed by atoms with Crippen molar-refractivity contribution in [2.45, 2.75) is 6.54 Å². The van der Waals surface area contributed by atoms with E-state index in [1.807, 2.05) is 28.8 Å². The molecule has 0 aliphatic rings. The van der Waals surface area contributed by atoms with Gasteiger partial charge >= 0.3 is 0 Å². The smallest absolute Gasteiger partial charge is 0.282 e. The highest BCUT2D eigenvalue weighted by molar-refractivity contribution is 7.16. The first kappa shape index (κ1) is 16.5. The minimum Gasteiger partial charge on any atom is -0.383 e. The summed E-state index contributed by atoms with van der Waals surface area (Å²) in [6.07, 6.45) is 0. The van der Waals surface area contributed by atoms with Crippen LogP contribution in [0.3, 0.4) is 0 Å². The van der Waals surface area contributed by atoms with Gasteiger partial charge in [-0.3, -0.25) is 4.79 Å². The van der Waals surface area contributed by atoms with Gasteiger partial charge in [0.05, 0.1) is 22.4 Å². The zero-order valence-electron chi connectivity index (χ0n) is 12.8. The summed E-state index contributed by atoms with van der Waals surface area (Å²) in [5.74, 6) is -2.29. The van der Waals surface area contributed by atoms with Crippen LogP contribution < -0.4 is 4.80 Å². The normalized spacial score (nSPS) is 12.0. The number of fused-ring (bicyclic) bond motifs is 1. The predicted octanol–water partition coefficient (Wildman–Crippen LogP) is 3.37. The van der Waals surface area contributed by atoms with E-state index in [-0.39, 0.29) is 5.56 Å². The van der Waals surface area contributed by atoms with Crippen LogP contribution in [0.4, 0.5) is 8.78 Å². The fourth-order valence-corrected chi connectivity index (χ4v) is 3.37. The molecule has 4 nitrogen and oxygen atoms in total. The lowest BCUT2D eigenvalue weighted by molar-refractivity contribution is 0.0993. The molecule has 0 saturated carbocycles. The molecule has 7 heteroatoms. The highest BCUT2D eigenvalue weighted by Gasteiger charge is 2.13. The largest absolute Gasteiger partial charge is 0.383 e. The van der Waals surface area contributed by atoms with Crippen LogP contribution in [0.25, 0.3) is 10.2 Å². The van der Waals surface area contributed by atoms with E-state index in [0.29, 0.717) is 18.0 Å². The lowest BCUT2D eigenvalue weighted by Crippen LogP contribution is -2.19. The van der Waals surface area contributed by atoms with Gasteiger partial charge in [-0.25, -0.2) is 8.78 Å². The van der Waals surface area contributed by atoms with Crippen LogP contribution in [0.1, 0.15) is 10.4 Å². The summed E-state index contributed by atoms with van der Waals surface area (Å²) in [6, 6.07) is 10.3. The SMILES string of the molecule is COCCn1c(=NC(=O)c2cc(F)ccc2F)sc2ccccc21. The maximum atomic E-state index is 13.8. The first-order chi connectivity index (χ1) is 11.6. The number of thiazole rings is 1. The minimum absolute atomic E-state index is 0.384. The number of para-hydroxylation sites is 1. The molecule has 3 aromatic rings. The molecule has 0 spiro atoms. The zero-order chi connectivity index (χ0) is 17.1. The van der Waals surface area contributed by atoms with Crippen LogP contribution in [0.2, 0.25) is 0 Å². The molecule has 124 valence electrons. The van der Waals surface area contributed by atoms with Crippen molar-refractivity contribution >= 4 is 27.5 Å². The molecule has 0 fully saturated rings. The summed E-state index contributed by atoms with van der Waals surface area (Å²) in [5.41, 5.74) is 0.525. The molecule has 1 heterocycles. The number of carbonyl (C=O) groups excluding carboxylic acids is 1. The molecule has 0 aliphatic carbocycles. The van der Waals surface area contributed by atoms with Crippen LogP contribution in [-0.4, -0.2) is 24.2 Å². The summed E-state index contributed by atoms with van der Waals surface area (Å²) in [6.45, 7) is 0.939. The Morgan fingerprint density at radius 3 is 2.83 bits per heavy atom. The van der Waals surface area contributed by atoms with Gasteiger partial charge in [-0.2, -0.15) is 4.99 Å². The Balaban J connectivity index is 2.11. The number of benzene rings is 2. The Bertz CT molecular complexity index is 963. The number of ether oxygens (including phenoxy) is 1. The third kappa shape index (κ3) is 3.27. The van der Waals surface area contributed by atoms with Gasteiger partial charge in [0.25, 0.3) is 5.91 Å². The van der Waals surface area contributed by atoms with Gasteiger partial charge in [0, 0.05) is 13.7 Å². The monoisotopic (exact) mass is 348 g/mol. The van der Waals surface area contributed by atoms with Gasteiger partial charge in [-0.05, 0) is 30.3 Å². The van der Waals surface area contributed by atoms with Crippen molar-refractivity contribution in [2.24, 2.45) is 4.99 Å². The van der Waals surface area contributed by atoms with Crippen molar-refractivity contribution in [3.63, 3.8) is 0 Å². The van der Waals surface area contributed by atoms with Crippen molar-refractivity contribution in [3.05, 3.63) is 64.5 Å². The highest BCUT2D eigenvalue weighted by atomic mass is 32.1. The number of halogens is 2. The Hall–Kier alpha value is -2.38. The molecule has 1 aromatic heterocycles. The van der Waals surface area contributed by atoms with E-state index in [1.54, 1.807) is 7.11 Å². The molecule has 0 N–H and O–H groups in total. The molecule has 0 atom stereocenters. The molecule has 3 rings (SSSR count). The molecule has 0 saturated heterocycles. The summed E-state index contributed by atoms with van der Waals surface area (Å²) in [4.78, 5) is 16.7.